The fraction of sp³-hybridized carbons (Fsp3) is 0.464. The number of nitrogens with one attached hydrogen (secondary N) is 3. The Hall–Kier alpha value is -3.22. The first kappa shape index (κ1) is 23.5. The molecule has 0 unspecified atom stereocenters. The van der Waals surface area contributed by atoms with Crippen molar-refractivity contribution in [2.24, 2.45) is 17.8 Å². The zero-order valence-corrected chi connectivity index (χ0v) is 19.9. The van der Waals surface area contributed by atoms with Crippen molar-refractivity contribution in [3.8, 4) is 0 Å². The Kier molecular flexibility index (Phi) is 6.58. The molecule has 6 atom stereocenters. The minimum Gasteiger partial charge on any atom is -0.350 e. The van der Waals surface area contributed by atoms with Gasteiger partial charge in [0.25, 0.3) is 0 Å². The van der Waals surface area contributed by atoms with E-state index in [1.54, 1.807) is 0 Å². The molecule has 2 saturated carbocycles. The first-order chi connectivity index (χ1) is 16.9. The lowest BCUT2D eigenvalue weighted by Gasteiger charge is -2.34. The molecule has 6 nitrogen and oxygen atoms in total. The van der Waals surface area contributed by atoms with Crippen molar-refractivity contribution in [3.63, 3.8) is 0 Å². The summed E-state index contributed by atoms with van der Waals surface area (Å²) in [4.78, 5) is 38.8. The summed E-state index contributed by atoms with van der Waals surface area (Å²) < 4.78 is 13.4. The third-order valence-corrected chi connectivity index (χ3v) is 8.03. The molecular weight excluding hydrogens is 445 g/mol. The van der Waals surface area contributed by atoms with Crippen LogP contribution in [0.1, 0.15) is 67.8 Å². The second kappa shape index (κ2) is 9.80. The van der Waals surface area contributed by atoms with Gasteiger partial charge in [0.05, 0.1) is 12.0 Å². The summed E-state index contributed by atoms with van der Waals surface area (Å²) in [6, 6.07) is 12.6. The highest BCUT2D eigenvalue weighted by Gasteiger charge is 2.52. The highest BCUT2D eigenvalue weighted by atomic mass is 19.1. The third-order valence-electron chi connectivity index (χ3n) is 8.03. The van der Waals surface area contributed by atoms with Gasteiger partial charge in [0.2, 0.25) is 17.7 Å². The van der Waals surface area contributed by atoms with Gasteiger partial charge in [-0.05, 0) is 79.2 Å². The van der Waals surface area contributed by atoms with Crippen LogP contribution in [0, 0.1) is 23.6 Å². The molecule has 35 heavy (non-hydrogen) atoms. The summed E-state index contributed by atoms with van der Waals surface area (Å²) in [5.74, 6) is -0.943. The van der Waals surface area contributed by atoms with Crippen LogP contribution in [0.3, 0.4) is 0 Å². The number of aryl methyl sites for hydroxylation is 1. The maximum absolute atomic E-state index is 13.6. The molecule has 3 aliphatic rings. The lowest BCUT2D eigenvalue weighted by Crippen LogP contribution is -2.53. The predicted octanol–water partition coefficient (Wildman–Crippen LogP) is 3.73. The van der Waals surface area contributed by atoms with Crippen molar-refractivity contribution in [3.05, 3.63) is 71.0 Å². The van der Waals surface area contributed by atoms with Gasteiger partial charge in [-0.2, -0.15) is 0 Å². The Bertz CT molecular complexity index is 1120. The topological polar surface area (TPSA) is 87.3 Å². The normalized spacial score (nSPS) is 27.5. The monoisotopic (exact) mass is 477 g/mol. The van der Waals surface area contributed by atoms with Crippen LogP contribution >= 0.6 is 0 Å². The Morgan fingerprint density at radius 2 is 1.69 bits per heavy atom. The molecule has 0 radical (unpaired) electrons. The molecule has 3 amide bonds. The van der Waals surface area contributed by atoms with Crippen LogP contribution in [-0.4, -0.2) is 23.8 Å². The van der Waals surface area contributed by atoms with E-state index < -0.39 is 11.9 Å². The van der Waals surface area contributed by atoms with Crippen molar-refractivity contribution in [1.82, 2.24) is 16.0 Å². The van der Waals surface area contributed by atoms with Crippen LogP contribution in [0.2, 0.25) is 0 Å². The van der Waals surface area contributed by atoms with E-state index >= 15 is 0 Å². The van der Waals surface area contributed by atoms with Crippen molar-refractivity contribution in [1.29, 1.82) is 0 Å². The first-order valence-corrected chi connectivity index (χ1v) is 12.6. The molecule has 0 aromatic heterocycles. The van der Waals surface area contributed by atoms with Crippen LogP contribution in [0.15, 0.2) is 48.5 Å². The van der Waals surface area contributed by atoms with Gasteiger partial charge in [0.15, 0.2) is 0 Å². The number of carbonyl (C=O) groups is 3. The van der Waals surface area contributed by atoms with Crippen LogP contribution in [0.5, 0.6) is 0 Å². The number of carbonyl (C=O) groups excluding carboxylic acids is 3. The summed E-state index contributed by atoms with van der Waals surface area (Å²) in [6.45, 7) is 1.35. The van der Waals surface area contributed by atoms with Crippen molar-refractivity contribution in [2.45, 2.75) is 63.6 Å². The second-order valence-electron chi connectivity index (χ2n) is 10.2. The zero-order chi connectivity index (χ0) is 24.5. The first-order valence-electron chi connectivity index (χ1n) is 12.6. The van der Waals surface area contributed by atoms with E-state index in [-0.39, 0.29) is 47.6 Å². The van der Waals surface area contributed by atoms with E-state index in [0.29, 0.717) is 5.56 Å². The number of hydrogen-bond donors (Lipinski definition) is 3. The lowest BCUT2D eigenvalue weighted by molar-refractivity contribution is -0.132. The molecule has 0 saturated heterocycles. The highest BCUT2D eigenvalue weighted by molar-refractivity contribution is 5.89. The quantitative estimate of drug-likeness (QED) is 0.593. The van der Waals surface area contributed by atoms with Crippen molar-refractivity contribution < 1.29 is 18.8 Å². The Morgan fingerprint density at radius 1 is 0.943 bits per heavy atom. The summed E-state index contributed by atoms with van der Waals surface area (Å²) in [6.07, 6.45) is 5.87. The van der Waals surface area contributed by atoms with E-state index in [1.165, 1.54) is 42.3 Å². The third kappa shape index (κ3) is 4.81. The summed E-state index contributed by atoms with van der Waals surface area (Å²) in [5.41, 5.74) is 2.99. The maximum Gasteiger partial charge on any atom is 0.247 e. The fourth-order valence-corrected chi connectivity index (χ4v) is 6.45. The van der Waals surface area contributed by atoms with Gasteiger partial charge in [0.1, 0.15) is 11.9 Å². The minimum absolute atomic E-state index is 0.00191. The van der Waals surface area contributed by atoms with Gasteiger partial charge in [0, 0.05) is 13.0 Å². The number of hydrogen-bond acceptors (Lipinski definition) is 3. The summed E-state index contributed by atoms with van der Waals surface area (Å²) in [5, 5.41) is 9.09. The maximum atomic E-state index is 13.6. The van der Waals surface area contributed by atoms with Crippen LogP contribution in [0.4, 0.5) is 4.39 Å². The number of fused-ring (bicyclic) bond motifs is 3. The molecule has 3 N–H and O–H groups in total. The predicted molar refractivity (Wildman–Crippen MR) is 129 cm³/mol. The van der Waals surface area contributed by atoms with Crippen LogP contribution in [0.25, 0.3) is 0 Å². The van der Waals surface area contributed by atoms with Gasteiger partial charge < -0.3 is 16.0 Å². The molecule has 5 rings (SSSR count). The fourth-order valence-electron chi connectivity index (χ4n) is 6.45. The summed E-state index contributed by atoms with van der Waals surface area (Å²) >= 11 is 0. The lowest BCUT2D eigenvalue weighted by atomic mass is 9.82. The van der Waals surface area contributed by atoms with E-state index in [0.717, 1.165) is 38.5 Å². The molecule has 7 heteroatoms. The van der Waals surface area contributed by atoms with E-state index in [1.807, 2.05) is 12.1 Å². The second-order valence-corrected chi connectivity index (χ2v) is 10.2. The standard InChI is InChI=1S/C28H32FN3O3/c1-16(33)30-26(18-11-13-21(29)14-12-18)28(35)32-25-20-10-9-19(15-20)24(25)27(34)31-23-8-4-6-17-5-2-3-7-22(17)23/h2-3,5,7,11-14,19-20,23-26H,4,6,8-10,15H2,1H3,(H,30,33)(H,31,34)(H,32,35)/t19-,20+,23-,24+,25-,26+/m0/s1. The van der Waals surface area contributed by atoms with Gasteiger partial charge in [-0.15, -0.1) is 0 Å². The molecule has 2 bridgehead atoms. The number of benzene rings is 2. The average molecular weight is 478 g/mol. The molecule has 0 heterocycles. The smallest absolute Gasteiger partial charge is 0.247 e. The Balaban J connectivity index is 1.33. The molecule has 0 spiro atoms. The number of halogens is 1. The van der Waals surface area contributed by atoms with Crippen molar-refractivity contribution >= 4 is 17.7 Å². The minimum atomic E-state index is -0.943. The van der Waals surface area contributed by atoms with E-state index in [9.17, 15) is 18.8 Å². The molecule has 2 aromatic rings. The van der Waals surface area contributed by atoms with Gasteiger partial charge in [-0.25, -0.2) is 4.39 Å². The van der Waals surface area contributed by atoms with Gasteiger partial charge >= 0.3 is 0 Å². The molecular formula is C28H32FN3O3. The Morgan fingerprint density at radius 3 is 2.46 bits per heavy atom. The zero-order valence-electron chi connectivity index (χ0n) is 19.9. The highest BCUT2D eigenvalue weighted by Crippen LogP contribution is 2.49. The van der Waals surface area contributed by atoms with Crippen LogP contribution in [-0.2, 0) is 20.8 Å². The molecule has 184 valence electrons. The molecule has 2 fully saturated rings. The van der Waals surface area contributed by atoms with Gasteiger partial charge in [-0.3, -0.25) is 14.4 Å². The summed E-state index contributed by atoms with van der Waals surface area (Å²) in [7, 11) is 0. The van der Waals surface area contributed by atoms with Crippen LogP contribution < -0.4 is 16.0 Å². The number of amides is 3. The number of rotatable bonds is 6. The van der Waals surface area contributed by atoms with E-state index in [2.05, 4.69) is 28.1 Å². The van der Waals surface area contributed by atoms with Gasteiger partial charge in [-0.1, -0.05) is 36.4 Å². The van der Waals surface area contributed by atoms with Crippen molar-refractivity contribution in [2.75, 3.05) is 0 Å². The average Bonchev–Trinajstić information content (AvgIpc) is 3.45. The molecule has 2 aromatic carbocycles. The van der Waals surface area contributed by atoms with E-state index in [4.69, 9.17) is 0 Å². The molecule has 3 aliphatic carbocycles. The SMILES string of the molecule is CC(=O)N[C@@H](C(=O)N[C@H]1[C@@H]2CC[C@@H](C2)[C@H]1C(=O)N[C@H]1CCCc2ccccc21)c1ccc(F)cc1. The Labute approximate surface area is 205 Å². The molecule has 0 aliphatic heterocycles. The largest absolute Gasteiger partial charge is 0.350 e.